The summed E-state index contributed by atoms with van der Waals surface area (Å²) in [6, 6.07) is 8.60. The lowest BCUT2D eigenvalue weighted by molar-refractivity contribution is -0.117. The van der Waals surface area contributed by atoms with Gasteiger partial charge in [0.05, 0.1) is 30.5 Å². The molecule has 1 aromatic carbocycles. The summed E-state index contributed by atoms with van der Waals surface area (Å²) in [4.78, 5) is 30.9. The van der Waals surface area contributed by atoms with E-state index in [1.807, 2.05) is 23.1 Å². The van der Waals surface area contributed by atoms with Crippen molar-refractivity contribution in [2.75, 3.05) is 43.6 Å². The van der Waals surface area contributed by atoms with Crippen LogP contribution in [-0.4, -0.2) is 54.1 Å². The molecule has 146 valence electrons. The van der Waals surface area contributed by atoms with E-state index in [9.17, 15) is 9.59 Å². The number of amides is 1. The van der Waals surface area contributed by atoms with Gasteiger partial charge in [0.15, 0.2) is 5.13 Å². The first-order valence-corrected chi connectivity index (χ1v) is 9.59. The first kappa shape index (κ1) is 18.4. The van der Waals surface area contributed by atoms with Gasteiger partial charge in [-0.1, -0.05) is 11.3 Å². The van der Waals surface area contributed by atoms with Crippen LogP contribution < -0.4 is 20.5 Å². The summed E-state index contributed by atoms with van der Waals surface area (Å²) < 4.78 is 12.6. The Hall–Kier alpha value is -2.98. The van der Waals surface area contributed by atoms with Crippen LogP contribution in [0, 0.1) is 0 Å². The van der Waals surface area contributed by atoms with Crippen LogP contribution in [0.25, 0.3) is 10.2 Å². The van der Waals surface area contributed by atoms with Crippen LogP contribution in [0.15, 0.2) is 35.1 Å². The number of aromatic nitrogens is 3. The number of fused-ring (bicyclic) bond motifs is 1. The molecule has 0 atom stereocenters. The number of anilines is 2. The molecular weight excluding hydrogens is 382 g/mol. The smallest absolute Gasteiger partial charge is 0.267 e. The maximum absolute atomic E-state index is 12.4. The summed E-state index contributed by atoms with van der Waals surface area (Å²) in [7, 11) is 1.60. The number of hydrogen-bond acceptors (Lipinski definition) is 8. The van der Waals surface area contributed by atoms with E-state index >= 15 is 0 Å². The van der Waals surface area contributed by atoms with Crippen molar-refractivity contribution in [2.45, 2.75) is 6.54 Å². The Balaban J connectivity index is 1.48. The van der Waals surface area contributed by atoms with Crippen molar-refractivity contribution in [3.8, 4) is 5.75 Å². The molecule has 0 saturated carbocycles. The Morgan fingerprint density at radius 1 is 1.29 bits per heavy atom. The van der Waals surface area contributed by atoms with E-state index in [0.717, 1.165) is 20.6 Å². The van der Waals surface area contributed by atoms with Gasteiger partial charge in [-0.25, -0.2) is 9.67 Å². The zero-order valence-corrected chi connectivity index (χ0v) is 16.1. The molecule has 0 spiro atoms. The first-order chi connectivity index (χ1) is 13.6. The maximum Gasteiger partial charge on any atom is 0.267 e. The first-order valence-electron chi connectivity index (χ1n) is 8.78. The fraction of sp³-hybridized carbons (Fsp3) is 0.333. The molecule has 3 aromatic rings. The average molecular weight is 401 g/mol. The van der Waals surface area contributed by atoms with Crippen LogP contribution in [0.1, 0.15) is 0 Å². The Morgan fingerprint density at radius 3 is 2.89 bits per heavy atom. The predicted octanol–water partition coefficient (Wildman–Crippen LogP) is 1.34. The number of ether oxygens (including phenoxy) is 2. The number of morpholine rings is 1. The minimum Gasteiger partial charge on any atom is -0.497 e. The minimum atomic E-state index is -0.361. The summed E-state index contributed by atoms with van der Waals surface area (Å²) in [6.45, 7) is 2.45. The van der Waals surface area contributed by atoms with Gasteiger partial charge in [0.2, 0.25) is 5.91 Å². The predicted molar refractivity (Wildman–Crippen MR) is 106 cm³/mol. The maximum atomic E-state index is 12.4. The van der Waals surface area contributed by atoms with Crippen LogP contribution >= 0.6 is 11.3 Å². The lowest BCUT2D eigenvalue weighted by Crippen LogP contribution is -2.38. The SMILES string of the molecule is COc1ccc2nc(NC(=O)Cn3nc(N4CCOCC4)ccc3=O)sc2c1. The summed E-state index contributed by atoms with van der Waals surface area (Å²) in [6.07, 6.45) is 0. The highest BCUT2D eigenvalue weighted by Crippen LogP contribution is 2.29. The number of nitrogens with zero attached hydrogens (tertiary/aromatic N) is 4. The number of hydrogen-bond donors (Lipinski definition) is 1. The Bertz CT molecular complexity index is 1060. The molecule has 9 nitrogen and oxygen atoms in total. The van der Waals surface area contributed by atoms with Crippen molar-refractivity contribution in [1.29, 1.82) is 0 Å². The van der Waals surface area contributed by atoms with Crippen LogP contribution in [0.3, 0.4) is 0 Å². The summed E-state index contributed by atoms with van der Waals surface area (Å²) in [5.74, 6) is 1.02. The quantitative estimate of drug-likeness (QED) is 0.689. The molecule has 0 bridgehead atoms. The van der Waals surface area contributed by atoms with E-state index in [-0.39, 0.29) is 18.0 Å². The van der Waals surface area contributed by atoms with Crippen LogP contribution in [0.5, 0.6) is 5.75 Å². The molecule has 3 heterocycles. The number of rotatable bonds is 5. The zero-order valence-electron chi connectivity index (χ0n) is 15.3. The van der Waals surface area contributed by atoms with E-state index in [4.69, 9.17) is 9.47 Å². The van der Waals surface area contributed by atoms with Gasteiger partial charge < -0.3 is 19.7 Å². The molecule has 1 aliphatic rings. The van der Waals surface area contributed by atoms with Crippen molar-refractivity contribution in [3.05, 3.63) is 40.7 Å². The molecule has 1 N–H and O–H groups in total. The molecule has 0 aliphatic carbocycles. The van der Waals surface area contributed by atoms with Gasteiger partial charge in [-0.05, 0) is 24.3 Å². The van der Waals surface area contributed by atoms with Crippen molar-refractivity contribution in [3.63, 3.8) is 0 Å². The van der Waals surface area contributed by atoms with Gasteiger partial charge in [0.1, 0.15) is 18.1 Å². The molecule has 10 heteroatoms. The van der Waals surface area contributed by atoms with Crippen molar-refractivity contribution < 1.29 is 14.3 Å². The van der Waals surface area contributed by atoms with Gasteiger partial charge in [-0.15, -0.1) is 0 Å². The Labute approximate surface area is 164 Å². The van der Waals surface area contributed by atoms with Gasteiger partial charge in [-0.3, -0.25) is 9.59 Å². The third-order valence-electron chi connectivity index (χ3n) is 4.32. The molecule has 0 unspecified atom stereocenters. The second-order valence-electron chi connectivity index (χ2n) is 6.19. The molecule has 2 aromatic heterocycles. The van der Waals surface area contributed by atoms with E-state index in [0.29, 0.717) is 37.3 Å². The number of thiazole rings is 1. The Kier molecular flexibility index (Phi) is 5.22. The Morgan fingerprint density at radius 2 is 2.11 bits per heavy atom. The van der Waals surface area contributed by atoms with E-state index in [2.05, 4.69) is 15.4 Å². The molecule has 1 aliphatic heterocycles. The highest BCUT2D eigenvalue weighted by atomic mass is 32.1. The summed E-state index contributed by atoms with van der Waals surface area (Å²) >= 11 is 1.34. The molecule has 1 saturated heterocycles. The van der Waals surface area contributed by atoms with Crippen LogP contribution in [0.2, 0.25) is 0 Å². The minimum absolute atomic E-state index is 0.184. The average Bonchev–Trinajstić information content (AvgIpc) is 3.11. The van der Waals surface area contributed by atoms with E-state index in [1.54, 1.807) is 13.2 Å². The largest absolute Gasteiger partial charge is 0.497 e. The zero-order chi connectivity index (χ0) is 19.5. The summed E-state index contributed by atoms with van der Waals surface area (Å²) in [5, 5.41) is 7.52. The van der Waals surface area contributed by atoms with Crippen molar-refractivity contribution >= 4 is 38.4 Å². The fourth-order valence-electron chi connectivity index (χ4n) is 2.89. The third-order valence-corrected chi connectivity index (χ3v) is 5.26. The molecular formula is C18H19N5O4S. The number of carbonyl (C=O) groups is 1. The van der Waals surface area contributed by atoms with Crippen LogP contribution in [-0.2, 0) is 16.1 Å². The second kappa shape index (κ2) is 7.95. The molecule has 28 heavy (non-hydrogen) atoms. The van der Waals surface area contributed by atoms with Gasteiger partial charge in [0.25, 0.3) is 5.56 Å². The van der Waals surface area contributed by atoms with E-state index < -0.39 is 0 Å². The lowest BCUT2D eigenvalue weighted by atomic mass is 10.3. The second-order valence-corrected chi connectivity index (χ2v) is 7.22. The number of nitrogens with one attached hydrogen (secondary N) is 1. The van der Waals surface area contributed by atoms with E-state index in [1.165, 1.54) is 17.4 Å². The highest BCUT2D eigenvalue weighted by Gasteiger charge is 2.15. The highest BCUT2D eigenvalue weighted by molar-refractivity contribution is 7.22. The third kappa shape index (κ3) is 3.97. The van der Waals surface area contributed by atoms with Gasteiger partial charge in [0, 0.05) is 19.2 Å². The number of methoxy groups -OCH3 is 1. The summed E-state index contributed by atoms with van der Waals surface area (Å²) in [5.41, 5.74) is 0.437. The molecule has 0 radical (unpaired) electrons. The molecule has 1 fully saturated rings. The normalized spacial score (nSPS) is 14.2. The fourth-order valence-corrected chi connectivity index (χ4v) is 3.80. The molecule has 4 rings (SSSR count). The van der Waals surface area contributed by atoms with Gasteiger partial charge in [-0.2, -0.15) is 5.10 Å². The molecule has 1 amide bonds. The topological polar surface area (TPSA) is 98.6 Å². The number of benzene rings is 1. The number of carbonyl (C=O) groups excluding carboxylic acids is 1. The van der Waals surface area contributed by atoms with Gasteiger partial charge >= 0.3 is 0 Å². The standard InChI is InChI=1S/C18H19N5O4S/c1-26-12-2-3-13-14(10-12)28-18(19-13)20-16(24)11-23-17(25)5-4-15(21-23)22-6-8-27-9-7-22/h2-5,10H,6-9,11H2,1H3,(H,19,20,24). The van der Waals surface area contributed by atoms with Crippen molar-refractivity contribution in [2.24, 2.45) is 0 Å². The van der Waals surface area contributed by atoms with Crippen molar-refractivity contribution in [1.82, 2.24) is 14.8 Å². The monoisotopic (exact) mass is 401 g/mol. The van der Waals surface area contributed by atoms with Crippen LogP contribution in [0.4, 0.5) is 10.9 Å². The lowest BCUT2D eigenvalue weighted by Gasteiger charge is -2.27.